The van der Waals surface area contributed by atoms with E-state index in [1.54, 1.807) is 37.3 Å². The molecule has 6 rings (SSSR count). The Bertz CT molecular complexity index is 2010. The number of hydrogen-bond acceptors (Lipinski definition) is 8. The topological polar surface area (TPSA) is 123 Å². The van der Waals surface area contributed by atoms with E-state index in [2.05, 4.69) is 32.1 Å². The van der Waals surface area contributed by atoms with Crippen LogP contribution in [0.25, 0.3) is 33.3 Å². The standard InChI is InChI=1S/C30H29FN8O3/c1-17(2)18-10-19-14-32-39(30(42)28(19)23(31)11-18)26-7-5-6-21(22(26)16-40)24-13-25(29(41)37(4)34-24)33-27-12-20-15-36(3)8-9-38(20)35-27/h5-7,10-14,40H,1,8-9,15-16H2,2-4H3,(H,33,35). The molecule has 214 valence electrons. The van der Waals surface area contributed by atoms with Gasteiger partial charge in [-0.3, -0.25) is 19.2 Å². The smallest absolute Gasteiger partial charge is 0.290 e. The second kappa shape index (κ2) is 10.5. The molecule has 2 N–H and O–H groups in total. The summed E-state index contributed by atoms with van der Waals surface area (Å²) in [5, 5.41) is 27.1. The summed E-state index contributed by atoms with van der Waals surface area (Å²) < 4.78 is 19.3. The Balaban J connectivity index is 1.44. The molecule has 11 nitrogen and oxygen atoms in total. The minimum Gasteiger partial charge on any atom is -0.392 e. The largest absolute Gasteiger partial charge is 0.392 e. The zero-order chi connectivity index (χ0) is 29.7. The predicted molar refractivity (Wildman–Crippen MR) is 158 cm³/mol. The van der Waals surface area contributed by atoms with E-state index >= 15 is 4.39 Å². The second-order valence-corrected chi connectivity index (χ2v) is 10.5. The Hall–Kier alpha value is -4.94. The first-order valence-electron chi connectivity index (χ1n) is 13.4. The summed E-state index contributed by atoms with van der Waals surface area (Å²) in [6, 6.07) is 11.5. The Morgan fingerprint density at radius 1 is 1.10 bits per heavy atom. The number of likely N-dealkylation sites (N-methyl/N-ethyl adjacent to an activating group) is 1. The fourth-order valence-corrected chi connectivity index (χ4v) is 5.26. The van der Waals surface area contributed by atoms with Crippen molar-refractivity contribution in [1.82, 2.24) is 34.2 Å². The lowest BCUT2D eigenvalue weighted by atomic mass is 10.0. The fraction of sp³-hybridized carbons (Fsp3) is 0.233. The van der Waals surface area contributed by atoms with Gasteiger partial charge in [0.05, 0.1) is 41.8 Å². The van der Waals surface area contributed by atoms with Gasteiger partial charge in [-0.15, -0.1) is 0 Å². The normalized spacial score (nSPS) is 13.4. The molecule has 12 heteroatoms. The third-order valence-electron chi connectivity index (χ3n) is 7.46. The highest BCUT2D eigenvalue weighted by molar-refractivity contribution is 5.85. The van der Waals surface area contributed by atoms with Gasteiger partial charge in [0.25, 0.3) is 11.1 Å². The number of aromatic nitrogens is 6. The van der Waals surface area contributed by atoms with Crippen LogP contribution in [0.3, 0.4) is 0 Å². The summed E-state index contributed by atoms with van der Waals surface area (Å²) >= 11 is 0. The van der Waals surface area contributed by atoms with Crippen molar-refractivity contribution in [2.45, 2.75) is 26.6 Å². The van der Waals surface area contributed by atoms with Gasteiger partial charge in [0.1, 0.15) is 11.5 Å². The van der Waals surface area contributed by atoms with E-state index in [4.69, 9.17) is 0 Å². The highest BCUT2D eigenvalue weighted by Crippen LogP contribution is 2.29. The average molecular weight is 569 g/mol. The van der Waals surface area contributed by atoms with E-state index in [9.17, 15) is 14.7 Å². The Kier molecular flexibility index (Phi) is 6.79. The van der Waals surface area contributed by atoms with Crippen molar-refractivity contribution in [3.05, 3.63) is 98.6 Å². The van der Waals surface area contributed by atoms with Gasteiger partial charge < -0.3 is 10.4 Å². The van der Waals surface area contributed by atoms with Gasteiger partial charge in [-0.05, 0) is 43.8 Å². The lowest BCUT2D eigenvalue weighted by molar-refractivity contribution is 0.259. The first kappa shape index (κ1) is 27.2. The number of benzene rings is 2. The van der Waals surface area contributed by atoms with E-state index in [1.165, 1.54) is 24.0 Å². The fourth-order valence-electron chi connectivity index (χ4n) is 5.26. The van der Waals surface area contributed by atoms with Crippen molar-refractivity contribution in [1.29, 1.82) is 0 Å². The summed E-state index contributed by atoms with van der Waals surface area (Å²) in [6.45, 7) is 7.51. The van der Waals surface area contributed by atoms with Crippen LogP contribution in [0.1, 0.15) is 23.7 Å². The van der Waals surface area contributed by atoms with Crippen molar-refractivity contribution in [3.8, 4) is 16.9 Å². The molecule has 0 fully saturated rings. The summed E-state index contributed by atoms with van der Waals surface area (Å²) in [5.41, 5.74) is 2.94. The molecule has 0 bridgehead atoms. The van der Waals surface area contributed by atoms with Crippen molar-refractivity contribution in [3.63, 3.8) is 0 Å². The lowest BCUT2D eigenvalue weighted by Crippen LogP contribution is -2.30. The van der Waals surface area contributed by atoms with Gasteiger partial charge >= 0.3 is 0 Å². The van der Waals surface area contributed by atoms with E-state index in [1.807, 2.05) is 17.8 Å². The third-order valence-corrected chi connectivity index (χ3v) is 7.46. The van der Waals surface area contributed by atoms with Crippen molar-refractivity contribution >= 4 is 27.9 Å². The SMILES string of the molecule is C=C(C)c1cc(F)c2c(=O)n(-c3cccc(-c4cc(Nc5cc6n(n5)CCN(C)C6)c(=O)n(C)n4)c3CO)ncc2c1. The number of aliphatic hydroxyl groups is 1. The maximum atomic E-state index is 15.1. The van der Waals surface area contributed by atoms with Crippen LogP contribution < -0.4 is 16.4 Å². The Labute approximate surface area is 239 Å². The van der Waals surface area contributed by atoms with E-state index in [-0.39, 0.29) is 22.3 Å². The quantitative estimate of drug-likeness (QED) is 0.320. The van der Waals surface area contributed by atoms with Gasteiger partial charge in [0, 0.05) is 42.7 Å². The number of aryl methyl sites for hydroxylation is 1. The van der Waals surface area contributed by atoms with Crippen molar-refractivity contribution < 1.29 is 9.50 Å². The molecule has 2 aromatic carbocycles. The van der Waals surface area contributed by atoms with Gasteiger partial charge in [0.2, 0.25) is 0 Å². The first-order valence-corrected chi connectivity index (χ1v) is 13.4. The van der Waals surface area contributed by atoms with Crippen molar-refractivity contribution in [2.24, 2.45) is 7.05 Å². The van der Waals surface area contributed by atoms with Gasteiger partial charge in [0.15, 0.2) is 5.82 Å². The Morgan fingerprint density at radius 3 is 2.67 bits per heavy atom. The van der Waals surface area contributed by atoms with Gasteiger partial charge in [-0.2, -0.15) is 20.0 Å². The first-order chi connectivity index (χ1) is 20.1. The number of hydrogen-bond donors (Lipinski definition) is 2. The van der Waals surface area contributed by atoms with Crippen LogP contribution in [-0.4, -0.2) is 52.9 Å². The van der Waals surface area contributed by atoms with Gasteiger partial charge in [-0.25, -0.2) is 9.07 Å². The molecule has 1 aliphatic heterocycles. The van der Waals surface area contributed by atoms with E-state index in [0.717, 1.165) is 30.0 Å². The van der Waals surface area contributed by atoms with Crippen LogP contribution in [-0.2, 0) is 26.7 Å². The maximum absolute atomic E-state index is 15.1. The number of allylic oxidation sites excluding steroid dienone is 1. The molecule has 0 radical (unpaired) electrons. The van der Waals surface area contributed by atoms with Crippen LogP contribution in [0.2, 0.25) is 0 Å². The number of halogens is 1. The highest BCUT2D eigenvalue weighted by atomic mass is 19.1. The number of nitrogens with one attached hydrogen (secondary N) is 1. The molecule has 0 spiro atoms. The second-order valence-electron chi connectivity index (χ2n) is 10.5. The summed E-state index contributed by atoms with van der Waals surface area (Å²) in [6.07, 6.45) is 1.41. The average Bonchev–Trinajstić information content (AvgIpc) is 3.36. The molecular formula is C30H29FN8O3. The third kappa shape index (κ3) is 4.70. The minimum atomic E-state index is -0.684. The minimum absolute atomic E-state index is 0.120. The van der Waals surface area contributed by atoms with E-state index in [0.29, 0.717) is 39.2 Å². The van der Waals surface area contributed by atoms with Crippen LogP contribution >= 0.6 is 0 Å². The molecule has 0 unspecified atom stereocenters. The number of anilines is 2. The zero-order valence-corrected chi connectivity index (χ0v) is 23.4. The van der Waals surface area contributed by atoms with E-state index < -0.39 is 18.0 Å². The summed E-state index contributed by atoms with van der Waals surface area (Å²) in [5.74, 6) is -0.147. The molecular weight excluding hydrogens is 539 g/mol. The number of rotatable bonds is 6. The molecule has 0 saturated heterocycles. The van der Waals surface area contributed by atoms with Gasteiger partial charge in [-0.1, -0.05) is 24.3 Å². The molecule has 5 aromatic rings. The number of aliphatic hydroxyl groups excluding tert-OH is 1. The number of nitrogens with zero attached hydrogens (tertiary/aromatic N) is 7. The molecule has 0 atom stereocenters. The molecule has 0 aliphatic carbocycles. The predicted octanol–water partition coefficient (Wildman–Crippen LogP) is 3.20. The molecule has 1 aliphatic rings. The summed E-state index contributed by atoms with van der Waals surface area (Å²) in [7, 11) is 3.57. The Morgan fingerprint density at radius 2 is 1.90 bits per heavy atom. The van der Waals surface area contributed by atoms with Crippen LogP contribution in [0.15, 0.2) is 64.8 Å². The van der Waals surface area contributed by atoms with Crippen LogP contribution in [0.5, 0.6) is 0 Å². The summed E-state index contributed by atoms with van der Waals surface area (Å²) in [4.78, 5) is 28.7. The van der Waals surface area contributed by atoms with Crippen LogP contribution in [0, 0.1) is 5.82 Å². The molecule has 0 amide bonds. The molecule has 3 aromatic heterocycles. The molecule has 42 heavy (non-hydrogen) atoms. The highest BCUT2D eigenvalue weighted by Gasteiger charge is 2.20. The maximum Gasteiger partial charge on any atom is 0.290 e. The molecule has 0 saturated carbocycles. The monoisotopic (exact) mass is 568 g/mol. The lowest BCUT2D eigenvalue weighted by Gasteiger charge is -2.22. The number of fused-ring (bicyclic) bond motifs is 2. The zero-order valence-electron chi connectivity index (χ0n) is 23.4. The van der Waals surface area contributed by atoms with Crippen LogP contribution in [0.4, 0.5) is 15.9 Å². The van der Waals surface area contributed by atoms with Crippen molar-refractivity contribution in [2.75, 3.05) is 18.9 Å². The molecule has 4 heterocycles.